The first-order valence-corrected chi connectivity index (χ1v) is 9.76. The van der Waals surface area contributed by atoms with Gasteiger partial charge in [-0.25, -0.2) is 19.4 Å². The molecule has 0 aliphatic heterocycles. The van der Waals surface area contributed by atoms with Crippen LogP contribution in [0.4, 0.5) is 5.69 Å². The average molecular weight is 444 g/mol. The maximum Gasteiger partial charge on any atom is 0.332 e. The lowest BCUT2D eigenvalue weighted by molar-refractivity contribution is 0.102. The van der Waals surface area contributed by atoms with Gasteiger partial charge in [0.1, 0.15) is 16.7 Å². The summed E-state index contributed by atoms with van der Waals surface area (Å²) in [5.41, 5.74) is -0.0387. The second-order valence-corrected chi connectivity index (χ2v) is 7.27. The average Bonchev–Trinajstić information content (AvgIpc) is 3.26. The number of benzene rings is 1. The summed E-state index contributed by atoms with van der Waals surface area (Å²) < 4.78 is 3.63. The highest BCUT2D eigenvalue weighted by atomic mass is 16.2. The predicted molar refractivity (Wildman–Crippen MR) is 120 cm³/mol. The van der Waals surface area contributed by atoms with E-state index in [1.807, 2.05) is 0 Å². The third-order valence-corrected chi connectivity index (χ3v) is 5.29. The van der Waals surface area contributed by atoms with Crippen molar-refractivity contribution < 1.29 is 4.79 Å². The maximum atomic E-state index is 13.0. The highest BCUT2D eigenvalue weighted by Crippen LogP contribution is 2.22. The Morgan fingerprint density at radius 3 is 2.58 bits per heavy atom. The van der Waals surface area contributed by atoms with E-state index in [1.165, 1.54) is 48.0 Å². The van der Waals surface area contributed by atoms with Gasteiger partial charge in [-0.1, -0.05) is 12.1 Å². The Kier molecular flexibility index (Phi) is 4.48. The highest BCUT2D eigenvalue weighted by Gasteiger charge is 2.17. The Balaban J connectivity index is 1.57. The molecule has 1 amide bonds. The number of fused-ring (bicyclic) bond motifs is 2. The van der Waals surface area contributed by atoms with E-state index in [4.69, 9.17) is 0 Å². The number of carbonyl (C=O) groups excluding carboxylic acids is 1. The van der Waals surface area contributed by atoms with Crippen LogP contribution in [0.1, 0.15) is 10.5 Å². The number of para-hydroxylation sites is 2. The lowest BCUT2D eigenvalue weighted by Gasteiger charge is -2.12. The van der Waals surface area contributed by atoms with Crippen molar-refractivity contribution in [3.8, 4) is 5.69 Å². The van der Waals surface area contributed by atoms with Crippen LogP contribution in [0.15, 0.2) is 63.3 Å². The van der Waals surface area contributed by atoms with Gasteiger partial charge in [0.05, 0.1) is 29.3 Å². The SMILES string of the molecule is Cn1c(=O)c2ccc(C(=O)Nc3ccccc3-n3ncc4c(=O)[nH]cnc43)nc2n(C)c1=O. The highest BCUT2D eigenvalue weighted by molar-refractivity contribution is 6.05. The van der Waals surface area contributed by atoms with Crippen LogP contribution in [0.5, 0.6) is 0 Å². The van der Waals surface area contributed by atoms with Crippen LogP contribution in [-0.2, 0) is 14.1 Å². The predicted octanol–water partition coefficient (Wildman–Crippen LogP) is 0.307. The summed E-state index contributed by atoms with van der Waals surface area (Å²) in [5, 5.41) is 7.53. The molecule has 1 aromatic carbocycles. The summed E-state index contributed by atoms with van der Waals surface area (Å²) in [4.78, 5) is 60.5. The molecular weight excluding hydrogens is 428 g/mol. The van der Waals surface area contributed by atoms with Gasteiger partial charge in [-0.2, -0.15) is 5.10 Å². The van der Waals surface area contributed by atoms with Gasteiger partial charge in [-0.15, -0.1) is 0 Å². The molecular formula is C21H16N8O4. The fourth-order valence-corrected chi connectivity index (χ4v) is 3.56. The second-order valence-electron chi connectivity index (χ2n) is 7.27. The number of aryl methyl sites for hydroxylation is 1. The van der Waals surface area contributed by atoms with E-state index >= 15 is 0 Å². The van der Waals surface area contributed by atoms with Gasteiger partial charge in [-0.3, -0.25) is 23.5 Å². The van der Waals surface area contributed by atoms with E-state index in [0.29, 0.717) is 22.4 Å². The zero-order chi connectivity index (χ0) is 23.3. The smallest absolute Gasteiger partial charge is 0.319 e. The lowest BCUT2D eigenvalue weighted by Crippen LogP contribution is -2.37. The Bertz CT molecular complexity index is 1760. The molecule has 0 radical (unpaired) electrons. The number of carbonyl (C=O) groups is 1. The molecule has 0 saturated heterocycles. The third kappa shape index (κ3) is 3.12. The van der Waals surface area contributed by atoms with Crippen molar-refractivity contribution >= 4 is 33.7 Å². The van der Waals surface area contributed by atoms with Crippen molar-refractivity contribution in [2.75, 3.05) is 5.32 Å². The van der Waals surface area contributed by atoms with Crippen LogP contribution in [0, 0.1) is 0 Å². The fraction of sp³-hybridized carbons (Fsp3) is 0.0952. The molecule has 4 heterocycles. The normalized spacial score (nSPS) is 11.2. The number of H-pyrrole nitrogens is 1. The first-order chi connectivity index (χ1) is 15.9. The molecule has 2 N–H and O–H groups in total. The number of hydrogen-bond acceptors (Lipinski definition) is 7. The Morgan fingerprint density at radius 2 is 1.76 bits per heavy atom. The molecule has 12 nitrogen and oxygen atoms in total. The first-order valence-electron chi connectivity index (χ1n) is 9.76. The molecule has 0 fully saturated rings. The molecule has 0 bridgehead atoms. The number of aromatic amines is 1. The third-order valence-electron chi connectivity index (χ3n) is 5.29. The minimum absolute atomic E-state index is 0.0143. The van der Waals surface area contributed by atoms with Gasteiger partial charge in [0, 0.05) is 14.1 Å². The summed E-state index contributed by atoms with van der Waals surface area (Å²) in [6.07, 6.45) is 2.67. The van der Waals surface area contributed by atoms with Crippen molar-refractivity contribution in [2.45, 2.75) is 0 Å². The number of anilines is 1. The van der Waals surface area contributed by atoms with Crippen molar-refractivity contribution in [2.24, 2.45) is 14.1 Å². The van der Waals surface area contributed by atoms with E-state index in [0.717, 1.165) is 4.57 Å². The van der Waals surface area contributed by atoms with Crippen LogP contribution in [-0.4, -0.2) is 39.8 Å². The molecule has 0 saturated carbocycles. The van der Waals surface area contributed by atoms with E-state index < -0.39 is 17.2 Å². The van der Waals surface area contributed by atoms with Crippen LogP contribution in [0.2, 0.25) is 0 Å². The number of nitrogens with zero attached hydrogens (tertiary/aromatic N) is 6. The largest absolute Gasteiger partial charge is 0.332 e. The van der Waals surface area contributed by atoms with E-state index in [-0.39, 0.29) is 22.3 Å². The standard InChI is InChI=1S/C21H16N8O4/c1-27-17-11(20(32)28(2)21(27)33)7-8-14(25-17)19(31)26-13-5-3-4-6-15(13)29-16-12(9-24-29)18(30)23-10-22-16/h3-10H,1-2H3,(H,26,31)(H,22,23,30). The van der Waals surface area contributed by atoms with Gasteiger partial charge >= 0.3 is 5.69 Å². The topological polar surface area (TPSA) is 150 Å². The number of hydrogen-bond donors (Lipinski definition) is 2. The minimum Gasteiger partial charge on any atom is -0.319 e. The van der Waals surface area contributed by atoms with Gasteiger partial charge in [0.25, 0.3) is 17.0 Å². The van der Waals surface area contributed by atoms with Crippen LogP contribution >= 0.6 is 0 Å². The monoisotopic (exact) mass is 444 g/mol. The number of rotatable bonds is 3. The quantitative estimate of drug-likeness (QED) is 0.406. The molecule has 0 atom stereocenters. The second kappa shape index (κ2) is 7.37. The Hall–Kier alpha value is -4.87. The van der Waals surface area contributed by atoms with Gasteiger partial charge in [0.2, 0.25) is 0 Å². The molecule has 0 aliphatic rings. The number of aromatic nitrogens is 7. The molecule has 0 unspecified atom stereocenters. The molecule has 33 heavy (non-hydrogen) atoms. The first kappa shape index (κ1) is 20.1. The number of nitrogens with one attached hydrogen (secondary N) is 2. The summed E-state index contributed by atoms with van der Waals surface area (Å²) >= 11 is 0. The molecule has 0 aliphatic carbocycles. The van der Waals surface area contributed by atoms with Crippen molar-refractivity contribution in [1.29, 1.82) is 0 Å². The zero-order valence-corrected chi connectivity index (χ0v) is 17.4. The van der Waals surface area contributed by atoms with Gasteiger partial charge in [0.15, 0.2) is 5.65 Å². The van der Waals surface area contributed by atoms with Crippen molar-refractivity contribution in [3.63, 3.8) is 0 Å². The maximum absolute atomic E-state index is 13.0. The summed E-state index contributed by atoms with van der Waals surface area (Å²) in [7, 11) is 2.86. The number of amides is 1. The summed E-state index contributed by atoms with van der Waals surface area (Å²) in [5.74, 6) is -0.556. The summed E-state index contributed by atoms with van der Waals surface area (Å²) in [6.45, 7) is 0. The van der Waals surface area contributed by atoms with Crippen LogP contribution in [0.3, 0.4) is 0 Å². The molecule has 4 aromatic heterocycles. The van der Waals surface area contributed by atoms with Gasteiger partial charge < -0.3 is 10.3 Å². The Labute approximate surface area is 183 Å². The fourth-order valence-electron chi connectivity index (χ4n) is 3.56. The molecule has 5 rings (SSSR count). The Morgan fingerprint density at radius 1 is 0.970 bits per heavy atom. The van der Waals surface area contributed by atoms with Crippen molar-refractivity contribution in [3.05, 3.63) is 85.8 Å². The molecule has 164 valence electrons. The zero-order valence-electron chi connectivity index (χ0n) is 17.4. The molecule has 0 spiro atoms. The number of pyridine rings is 1. The van der Waals surface area contributed by atoms with E-state index in [1.54, 1.807) is 24.3 Å². The van der Waals surface area contributed by atoms with Crippen LogP contribution < -0.4 is 22.1 Å². The van der Waals surface area contributed by atoms with E-state index in [9.17, 15) is 19.2 Å². The lowest BCUT2D eigenvalue weighted by atomic mass is 10.2. The minimum atomic E-state index is -0.556. The molecule has 5 aromatic rings. The van der Waals surface area contributed by atoms with Crippen LogP contribution in [0.25, 0.3) is 27.8 Å². The summed E-state index contributed by atoms with van der Waals surface area (Å²) in [6, 6.07) is 9.74. The van der Waals surface area contributed by atoms with E-state index in [2.05, 4.69) is 25.4 Å². The van der Waals surface area contributed by atoms with Gasteiger partial charge in [-0.05, 0) is 24.3 Å². The molecule has 12 heteroatoms. The van der Waals surface area contributed by atoms with Crippen molar-refractivity contribution in [1.82, 2.24) is 33.9 Å².